The van der Waals surface area contributed by atoms with Gasteiger partial charge in [-0.15, -0.1) is 0 Å². The largest absolute Gasteiger partial charge is 0.327 e. The summed E-state index contributed by atoms with van der Waals surface area (Å²) in [7, 11) is 0. The van der Waals surface area contributed by atoms with Crippen molar-refractivity contribution in [2.75, 3.05) is 13.1 Å². The molecule has 1 saturated heterocycles. The predicted molar refractivity (Wildman–Crippen MR) is 88.1 cm³/mol. The minimum Gasteiger partial charge on any atom is -0.327 e. The normalized spacial score (nSPS) is 22.6. The Labute approximate surface area is 127 Å². The van der Waals surface area contributed by atoms with Gasteiger partial charge in [0.25, 0.3) is 0 Å². The molecule has 2 aromatic rings. The van der Waals surface area contributed by atoms with Gasteiger partial charge in [-0.3, -0.25) is 9.88 Å². The molecule has 0 amide bonds. The van der Waals surface area contributed by atoms with E-state index in [2.05, 4.69) is 54.1 Å². The SMILES string of the molecule is Cc1ccc2cc(CN3CCC(N)C(C)(C)C3)ccc2n1. The van der Waals surface area contributed by atoms with Crippen molar-refractivity contribution in [1.29, 1.82) is 0 Å². The lowest BCUT2D eigenvalue weighted by molar-refractivity contribution is 0.0899. The van der Waals surface area contributed by atoms with Crippen molar-refractivity contribution in [3.8, 4) is 0 Å². The number of aromatic nitrogens is 1. The molecule has 3 rings (SSSR count). The molecule has 1 aromatic carbocycles. The Kier molecular flexibility index (Phi) is 3.72. The molecule has 1 aliphatic heterocycles. The van der Waals surface area contributed by atoms with Crippen LogP contribution < -0.4 is 5.73 Å². The highest BCUT2D eigenvalue weighted by Crippen LogP contribution is 2.28. The van der Waals surface area contributed by atoms with Crippen LogP contribution in [0.2, 0.25) is 0 Å². The van der Waals surface area contributed by atoms with E-state index in [1.54, 1.807) is 0 Å². The lowest BCUT2D eigenvalue weighted by Crippen LogP contribution is -2.52. The van der Waals surface area contributed by atoms with E-state index >= 15 is 0 Å². The second-order valence-corrected chi connectivity index (χ2v) is 7.07. The first kappa shape index (κ1) is 14.5. The van der Waals surface area contributed by atoms with E-state index < -0.39 is 0 Å². The van der Waals surface area contributed by atoms with Crippen LogP contribution in [0.1, 0.15) is 31.5 Å². The Bertz CT molecular complexity index is 648. The van der Waals surface area contributed by atoms with Crippen LogP contribution in [0.15, 0.2) is 30.3 Å². The van der Waals surface area contributed by atoms with Gasteiger partial charge in [0.2, 0.25) is 0 Å². The highest BCUT2D eigenvalue weighted by molar-refractivity contribution is 5.79. The van der Waals surface area contributed by atoms with Crippen molar-refractivity contribution in [3.63, 3.8) is 0 Å². The number of likely N-dealkylation sites (tertiary alicyclic amines) is 1. The zero-order valence-electron chi connectivity index (χ0n) is 13.3. The third-order valence-electron chi connectivity index (χ3n) is 4.69. The van der Waals surface area contributed by atoms with Crippen LogP contribution in [-0.2, 0) is 6.54 Å². The first-order valence-corrected chi connectivity index (χ1v) is 7.78. The Morgan fingerprint density at radius 3 is 2.86 bits per heavy atom. The van der Waals surface area contributed by atoms with Gasteiger partial charge >= 0.3 is 0 Å². The van der Waals surface area contributed by atoms with Gasteiger partial charge in [-0.05, 0) is 42.5 Å². The van der Waals surface area contributed by atoms with Crippen molar-refractivity contribution in [3.05, 3.63) is 41.6 Å². The van der Waals surface area contributed by atoms with Gasteiger partial charge in [0, 0.05) is 36.8 Å². The maximum atomic E-state index is 6.22. The highest BCUT2D eigenvalue weighted by atomic mass is 15.1. The second-order valence-electron chi connectivity index (χ2n) is 7.07. The van der Waals surface area contributed by atoms with Crippen molar-refractivity contribution in [2.24, 2.45) is 11.1 Å². The van der Waals surface area contributed by atoms with Crippen molar-refractivity contribution in [2.45, 2.75) is 39.8 Å². The van der Waals surface area contributed by atoms with Crippen LogP contribution >= 0.6 is 0 Å². The smallest absolute Gasteiger partial charge is 0.0705 e. The molecule has 0 bridgehead atoms. The molecule has 1 atom stereocenters. The minimum absolute atomic E-state index is 0.202. The van der Waals surface area contributed by atoms with E-state index in [-0.39, 0.29) is 5.41 Å². The van der Waals surface area contributed by atoms with Crippen LogP contribution in [0.4, 0.5) is 0 Å². The Balaban J connectivity index is 1.77. The summed E-state index contributed by atoms with van der Waals surface area (Å²) in [4.78, 5) is 7.09. The Morgan fingerprint density at radius 1 is 1.29 bits per heavy atom. The standard InChI is InChI=1S/C18H25N3/c1-13-4-6-15-10-14(5-7-16(15)20-13)11-21-9-8-17(19)18(2,3)12-21/h4-7,10,17H,8-9,11-12,19H2,1-3H3. The van der Waals surface area contributed by atoms with Gasteiger partial charge < -0.3 is 5.73 Å². The summed E-state index contributed by atoms with van der Waals surface area (Å²) in [6.07, 6.45) is 1.08. The van der Waals surface area contributed by atoms with Crippen LogP contribution in [0.5, 0.6) is 0 Å². The number of rotatable bonds is 2. The van der Waals surface area contributed by atoms with E-state index in [1.807, 2.05) is 6.92 Å². The van der Waals surface area contributed by atoms with Crippen molar-refractivity contribution < 1.29 is 0 Å². The topological polar surface area (TPSA) is 42.1 Å². The number of hydrogen-bond donors (Lipinski definition) is 1. The van der Waals surface area contributed by atoms with E-state index in [0.29, 0.717) is 6.04 Å². The molecule has 3 heteroatoms. The third-order valence-corrected chi connectivity index (χ3v) is 4.69. The summed E-state index contributed by atoms with van der Waals surface area (Å²) in [6.45, 7) is 9.74. The number of hydrogen-bond acceptors (Lipinski definition) is 3. The molecular formula is C18H25N3. The third kappa shape index (κ3) is 3.09. The number of aryl methyl sites for hydroxylation is 1. The number of fused-ring (bicyclic) bond motifs is 1. The van der Waals surface area contributed by atoms with E-state index in [9.17, 15) is 0 Å². The first-order valence-electron chi connectivity index (χ1n) is 7.78. The lowest BCUT2D eigenvalue weighted by Gasteiger charge is -2.42. The van der Waals surface area contributed by atoms with Crippen molar-refractivity contribution in [1.82, 2.24) is 9.88 Å². The number of benzene rings is 1. The van der Waals surface area contributed by atoms with Crippen molar-refractivity contribution >= 4 is 10.9 Å². The number of nitrogens with zero attached hydrogens (tertiary/aromatic N) is 2. The molecule has 1 fully saturated rings. The number of piperidine rings is 1. The highest BCUT2D eigenvalue weighted by Gasteiger charge is 2.33. The molecule has 0 radical (unpaired) electrons. The van der Waals surface area contributed by atoms with Crippen LogP contribution in [0.25, 0.3) is 10.9 Å². The molecule has 0 spiro atoms. The van der Waals surface area contributed by atoms with Gasteiger partial charge in [0.15, 0.2) is 0 Å². The predicted octanol–water partition coefficient (Wildman–Crippen LogP) is 3.10. The molecule has 1 aliphatic rings. The van der Waals surface area contributed by atoms with Gasteiger partial charge in [-0.2, -0.15) is 0 Å². The molecule has 0 saturated carbocycles. The van der Waals surface area contributed by atoms with Crippen LogP contribution in [0, 0.1) is 12.3 Å². The number of pyridine rings is 1. The number of nitrogens with two attached hydrogens (primary N) is 1. The average Bonchev–Trinajstić information content (AvgIpc) is 2.43. The molecule has 2 heterocycles. The zero-order chi connectivity index (χ0) is 15.0. The molecule has 1 unspecified atom stereocenters. The van der Waals surface area contributed by atoms with Gasteiger partial charge in [-0.1, -0.05) is 26.0 Å². The fraction of sp³-hybridized carbons (Fsp3) is 0.500. The monoisotopic (exact) mass is 283 g/mol. The summed E-state index contributed by atoms with van der Waals surface area (Å²) >= 11 is 0. The summed E-state index contributed by atoms with van der Waals surface area (Å²) in [5.74, 6) is 0. The molecular weight excluding hydrogens is 258 g/mol. The van der Waals surface area contributed by atoms with Crippen LogP contribution in [0.3, 0.4) is 0 Å². The molecule has 21 heavy (non-hydrogen) atoms. The molecule has 112 valence electrons. The van der Waals surface area contributed by atoms with Gasteiger partial charge in [-0.25, -0.2) is 0 Å². The molecule has 0 aliphatic carbocycles. The zero-order valence-corrected chi connectivity index (χ0v) is 13.3. The molecule has 2 N–H and O–H groups in total. The average molecular weight is 283 g/mol. The summed E-state index contributed by atoms with van der Waals surface area (Å²) in [5.41, 5.74) is 9.94. The Morgan fingerprint density at radius 2 is 2.10 bits per heavy atom. The maximum Gasteiger partial charge on any atom is 0.0705 e. The van der Waals surface area contributed by atoms with E-state index in [1.165, 1.54) is 10.9 Å². The van der Waals surface area contributed by atoms with Gasteiger partial charge in [0.05, 0.1) is 5.52 Å². The summed E-state index contributed by atoms with van der Waals surface area (Å²) in [6, 6.07) is 11.2. The lowest BCUT2D eigenvalue weighted by atomic mass is 9.79. The maximum absolute atomic E-state index is 6.22. The quantitative estimate of drug-likeness (QED) is 0.921. The molecule has 3 nitrogen and oxygen atoms in total. The minimum atomic E-state index is 0.202. The first-order chi connectivity index (χ1) is 9.94. The van der Waals surface area contributed by atoms with E-state index in [0.717, 1.165) is 37.3 Å². The summed E-state index contributed by atoms with van der Waals surface area (Å²) < 4.78 is 0. The molecule has 1 aromatic heterocycles. The van der Waals surface area contributed by atoms with E-state index in [4.69, 9.17) is 5.73 Å². The Hall–Kier alpha value is -1.45. The summed E-state index contributed by atoms with van der Waals surface area (Å²) in [5, 5.41) is 1.23. The fourth-order valence-electron chi connectivity index (χ4n) is 3.25. The van der Waals surface area contributed by atoms with Gasteiger partial charge in [0.1, 0.15) is 0 Å². The fourth-order valence-corrected chi connectivity index (χ4v) is 3.25. The van der Waals surface area contributed by atoms with Crippen LogP contribution in [-0.4, -0.2) is 29.0 Å². The second kappa shape index (κ2) is 5.39.